The molecule has 31 heavy (non-hydrogen) atoms. The van der Waals surface area contributed by atoms with Gasteiger partial charge in [-0.15, -0.1) is 0 Å². The van der Waals surface area contributed by atoms with Crippen molar-refractivity contribution in [1.82, 2.24) is 9.80 Å². The van der Waals surface area contributed by atoms with Crippen molar-refractivity contribution in [3.63, 3.8) is 0 Å². The van der Waals surface area contributed by atoms with Crippen LogP contribution >= 0.6 is 0 Å². The minimum Gasteiger partial charge on any atom is -0.503 e. The molecule has 0 saturated heterocycles. The van der Waals surface area contributed by atoms with E-state index in [-0.39, 0.29) is 11.3 Å². The fraction of sp³-hybridized carbons (Fsp3) is 0.250. The molecule has 1 amide bonds. The van der Waals surface area contributed by atoms with E-state index in [4.69, 9.17) is 9.15 Å². The maximum absolute atomic E-state index is 13.5. The lowest BCUT2D eigenvalue weighted by Gasteiger charge is -2.28. The van der Waals surface area contributed by atoms with Gasteiger partial charge in [-0.3, -0.25) is 9.59 Å². The predicted octanol–water partition coefficient (Wildman–Crippen LogP) is 3.58. The lowest BCUT2D eigenvalue weighted by Crippen LogP contribution is -2.36. The summed E-state index contributed by atoms with van der Waals surface area (Å²) in [5, 5.41) is 11.5. The van der Waals surface area contributed by atoms with E-state index in [0.29, 0.717) is 30.0 Å². The molecule has 0 spiro atoms. The lowest BCUT2D eigenvalue weighted by molar-refractivity contribution is -0.129. The van der Waals surface area contributed by atoms with Crippen LogP contribution in [0.15, 0.2) is 70.3 Å². The summed E-state index contributed by atoms with van der Waals surface area (Å²) in [6.07, 6.45) is 0. The van der Waals surface area contributed by atoms with Crippen LogP contribution in [0.25, 0.3) is 11.0 Å². The highest BCUT2D eigenvalue weighted by Gasteiger charge is 2.45. The molecule has 1 aromatic heterocycles. The summed E-state index contributed by atoms with van der Waals surface area (Å²) in [4.78, 5) is 29.9. The van der Waals surface area contributed by atoms with Gasteiger partial charge in [0.2, 0.25) is 5.78 Å². The topological polar surface area (TPSA) is 83.2 Å². The number of methoxy groups -OCH3 is 1. The average molecular weight is 420 g/mol. The SMILES string of the molecule is COc1ccccc1[C@@H]1C(C(=O)c2cc3ccccc3o2)=C(O)C(=O)N1CCN(C)C. The Labute approximate surface area is 180 Å². The first-order valence-electron chi connectivity index (χ1n) is 9.97. The molecular weight excluding hydrogens is 396 g/mol. The van der Waals surface area contributed by atoms with Crippen LogP contribution in [-0.2, 0) is 4.79 Å². The number of ether oxygens (including phenoxy) is 1. The summed E-state index contributed by atoms with van der Waals surface area (Å²) < 4.78 is 11.2. The van der Waals surface area contributed by atoms with Crippen LogP contribution in [0.3, 0.4) is 0 Å². The van der Waals surface area contributed by atoms with Gasteiger partial charge in [0.15, 0.2) is 11.5 Å². The third kappa shape index (κ3) is 3.68. The number of rotatable bonds is 7. The molecule has 1 atom stereocenters. The van der Waals surface area contributed by atoms with Gasteiger partial charge >= 0.3 is 0 Å². The lowest BCUT2D eigenvalue weighted by atomic mass is 9.94. The summed E-state index contributed by atoms with van der Waals surface area (Å²) in [5.74, 6) is -1.06. The predicted molar refractivity (Wildman–Crippen MR) is 116 cm³/mol. The molecule has 0 fully saturated rings. The smallest absolute Gasteiger partial charge is 0.290 e. The zero-order valence-electron chi connectivity index (χ0n) is 17.7. The Hall–Kier alpha value is -3.58. The Morgan fingerprint density at radius 3 is 2.58 bits per heavy atom. The Bertz CT molecular complexity index is 1140. The summed E-state index contributed by atoms with van der Waals surface area (Å²) in [6, 6.07) is 15.3. The van der Waals surface area contributed by atoms with Gasteiger partial charge in [-0.25, -0.2) is 0 Å². The zero-order valence-corrected chi connectivity index (χ0v) is 17.7. The number of nitrogens with zero attached hydrogens (tertiary/aromatic N) is 2. The van der Waals surface area contributed by atoms with Crippen molar-refractivity contribution in [2.24, 2.45) is 0 Å². The number of hydrogen-bond donors (Lipinski definition) is 1. The Morgan fingerprint density at radius 2 is 1.87 bits per heavy atom. The highest BCUT2D eigenvalue weighted by molar-refractivity contribution is 6.16. The van der Waals surface area contributed by atoms with Crippen molar-refractivity contribution < 1.29 is 23.8 Å². The van der Waals surface area contributed by atoms with Crippen LogP contribution in [0.2, 0.25) is 0 Å². The third-order valence-corrected chi connectivity index (χ3v) is 5.42. The van der Waals surface area contributed by atoms with Crippen molar-refractivity contribution >= 4 is 22.7 Å². The summed E-state index contributed by atoms with van der Waals surface area (Å²) in [6.45, 7) is 0.895. The summed E-state index contributed by atoms with van der Waals surface area (Å²) >= 11 is 0. The van der Waals surface area contributed by atoms with E-state index in [1.165, 1.54) is 12.0 Å². The second-order valence-corrected chi connectivity index (χ2v) is 7.69. The quantitative estimate of drug-likeness (QED) is 0.589. The van der Waals surface area contributed by atoms with Crippen LogP contribution in [0.5, 0.6) is 5.75 Å². The molecule has 1 aliphatic rings. The number of Topliss-reactive ketones (excluding diaryl/α,β-unsaturated/α-hetero) is 1. The van der Waals surface area contributed by atoms with E-state index in [1.54, 1.807) is 24.3 Å². The average Bonchev–Trinajstić information content (AvgIpc) is 3.31. The van der Waals surface area contributed by atoms with Crippen LogP contribution in [0.4, 0.5) is 0 Å². The van der Waals surface area contributed by atoms with Crippen LogP contribution < -0.4 is 4.74 Å². The molecule has 2 heterocycles. The first-order chi connectivity index (χ1) is 14.9. The molecule has 0 aliphatic carbocycles. The third-order valence-electron chi connectivity index (χ3n) is 5.42. The van der Waals surface area contributed by atoms with E-state index < -0.39 is 23.5 Å². The number of carbonyl (C=O) groups is 2. The fourth-order valence-corrected chi connectivity index (χ4v) is 3.87. The molecule has 0 bridgehead atoms. The van der Waals surface area contributed by atoms with E-state index in [1.807, 2.05) is 49.3 Å². The number of likely N-dealkylation sites (N-methyl/N-ethyl adjacent to an activating group) is 1. The van der Waals surface area contributed by atoms with Crippen LogP contribution in [0.1, 0.15) is 22.2 Å². The minimum absolute atomic E-state index is 0.00712. The van der Waals surface area contributed by atoms with Crippen molar-refractivity contribution in [1.29, 1.82) is 0 Å². The number of amides is 1. The number of hydrogen-bond acceptors (Lipinski definition) is 6. The Morgan fingerprint density at radius 1 is 1.16 bits per heavy atom. The van der Waals surface area contributed by atoms with Crippen molar-refractivity contribution in [2.45, 2.75) is 6.04 Å². The van der Waals surface area contributed by atoms with Crippen molar-refractivity contribution in [3.8, 4) is 5.75 Å². The highest BCUT2D eigenvalue weighted by atomic mass is 16.5. The molecule has 4 rings (SSSR count). The largest absolute Gasteiger partial charge is 0.503 e. The van der Waals surface area contributed by atoms with Gasteiger partial charge in [0.05, 0.1) is 18.7 Å². The van der Waals surface area contributed by atoms with E-state index in [9.17, 15) is 14.7 Å². The molecular formula is C24H24N2O5. The van der Waals surface area contributed by atoms with Gasteiger partial charge in [0.1, 0.15) is 11.3 Å². The molecule has 3 aromatic rings. The number of carbonyl (C=O) groups excluding carboxylic acids is 2. The number of para-hydroxylation sites is 2. The first-order valence-corrected chi connectivity index (χ1v) is 9.97. The minimum atomic E-state index is -0.788. The molecule has 0 unspecified atom stereocenters. The highest BCUT2D eigenvalue weighted by Crippen LogP contribution is 2.42. The summed E-state index contributed by atoms with van der Waals surface area (Å²) in [5.41, 5.74) is 1.18. The molecule has 1 N–H and O–H groups in total. The maximum Gasteiger partial charge on any atom is 0.290 e. The van der Waals surface area contributed by atoms with Gasteiger partial charge in [-0.1, -0.05) is 36.4 Å². The maximum atomic E-state index is 13.5. The first kappa shape index (κ1) is 20.7. The number of fused-ring (bicyclic) bond motifs is 1. The van der Waals surface area contributed by atoms with Crippen molar-refractivity contribution in [2.75, 3.05) is 34.3 Å². The molecule has 1 aliphatic heterocycles. The Kier molecular flexibility index (Phi) is 5.52. The number of furan rings is 1. The Balaban J connectivity index is 1.82. The van der Waals surface area contributed by atoms with Crippen LogP contribution in [-0.4, -0.2) is 60.9 Å². The van der Waals surface area contributed by atoms with Gasteiger partial charge in [0.25, 0.3) is 5.91 Å². The van der Waals surface area contributed by atoms with Gasteiger partial charge < -0.3 is 24.1 Å². The molecule has 2 aromatic carbocycles. The number of aliphatic hydroxyl groups is 1. The van der Waals surface area contributed by atoms with Gasteiger partial charge in [-0.2, -0.15) is 0 Å². The van der Waals surface area contributed by atoms with Gasteiger partial charge in [-0.05, 0) is 32.3 Å². The van der Waals surface area contributed by atoms with E-state index >= 15 is 0 Å². The number of ketones is 1. The molecule has 7 nitrogen and oxygen atoms in total. The van der Waals surface area contributed by atoms with Crippen LogP contribution in [0, 0.1) is 0 Å². The number of benzene rings is 2. The summed E-state index contributed by atoms with van der Waals surface area (Å²) in [7, 11) is 5.32. The van der Waals surface area contributed by atoms with E-state index in [0.717, 1.165) is 5.39 Å². The van der Waals surface area contributed by atoms with E-state index in [2.05, 4.69) is 0 Å². The van der Waals surface area contributed by atoms with Gasteiger partial charge in [0, 0.05) is 24.0 Å². The second-order valence-electron chi connectivity index (χ2n) is 7.69. The standard InChI is InChI=1S/C24H24N2O5/c1-25(2)12-13-26-21(16-9-5-7-11-18(16)30-3)20(23(28)24(26)29)22(27)19-14-15-8-4-6-10-17(15)31-19/h4-11,14,21,28H,12-13H2,1-3H3/t21-/m1/s1. The number of aliphatic hydroxyl groups excluding tert-OH is 1. The normalized spacial score (nSPS) is 16.6. The molecule has 0 radical (unpaired) electrons. The van der Waals surface area contributed by atoms with Crippen molar-refractivity contribution in [3.05, 3.63) is 77.3 Å². The second kappa shape index (κ2) is 8.28. The molecule has 160 valence electrons. The molecule has 0 saturated carbocycles. The monoisotopic (exact) mass is 420 g/mol. The zero-order chi connectivity index (χ0) is 22.1. The fourth-order valence-electron chi connectivity index (χ4n) is 3.87. The molecule has 7 heteroatoms.